The first kappa shape index (κ1) is 15.3. The highest BCUT2D eigenvalue weighted by molar-refractivity contribution is 5.77. The third kappa shape index (κ3) is 7.62. The molecule has 0 aliphatic heterocycles. The average Bonchev–Trinajstić information content (AvgIpc) is 2.21. The van der Waals surface area contributed by atoms with Gasteiger partial charge in [-0.15, -0.1) is 0 Å². The molecule has 0 amide bonds. The number of ether oxygens (including phenoxy) is 2. The first-order chi connectivity index (χ1) is 7.50. The maximum atomic E-state index is 10.7. The summed E-state index contributed by atoms with van der Waals surface area (Å²) in [6.07, 6.45) is 2.05. The summed E-state index contributed by atoms with van der Waals surface area (Å²) in [5.41, 5.74) is 4.46. The Balaban J connectivity index is 3.30. The van der Waals surface area contributed by atoms with Gasteiger partial charge in [-0.1, -0.05) is 0 Å². The summed E-state index contributed by atoms with van der Waals surface area (Å²) >= 11 is 0. The number of hydrogen-bond donors (Lipinski definition) is 2. The first-order valence-electron chi connectivity index (χ1n) is 5.68. The molecule has 0 radical (unpaired) electrons. The van der Waals surface area contributed by atoms with Crippen molar-refractivity contribution in [3.05, 3.63) is 0 Å². The minimum absolute atomic E-state index is 0.469. The number of carbonyl (C=O) groups is 1. The van der Waals surface area contributed by atoms with Crippen LogP contribution in [0, 0.1) is 0 Å². The van der Waals surface area contributed by atoms with Crippen molar-refractivity contribution in [1.82, 2.24) is 0 Å². The van der Waals surface area contributed by atoms with E-state index >= 15 is 0 Å². The second kappa shape index (κ2) is 8.50. The fourth-order valence-electron chi connectivity index (χ4n) is 1.17. The Morgan fingerprint density at radius 1 is 1.25 bits per heavy atom. The van der Waals surface area contributed by atoms with Crippen LogP contribution in [0.25, 0.3) is 0 Å². The Bertz CT molecular complexity index is 194. The van der Waals surface area contributed by atoms with Crippen molar-refractivity contribution in [1.29, 1.82) is 0 Å². The van der Waals surface area contributed by atoms with E-state index in [2.05, 4.69) is 0 Å². The Hall–Kier alpha value is -0.650. The number of aliphatic carboxylic acids is 1. The minimum Gasteiger partial charge on any atom is -0.480 e. The molecule has 0 aliphatic rings. The molecule has 0 aromatic rings. The Morgan fingerprint density at radius 3 is 2.44 bits per heavy atom. The zero-order valence-electron chi connectivity index (χ0n) is 10.2. The van der Waals surface area contributed by atoms with E-state index in [0.29, 0.717) is 32.8 Å². The van der Waals surface area contributed by atoms with Crippen molar-refractivity contribution < 1.29 is 19.4 Å². The third-order valence-corrected chi connectivity index (χ3v) is 2.30. The van der Waals surface area contributed by atoms with E-state index in [1.807, 2.05) is 6.92 Å². The van der Waals surface area contributed by atoms with Crippen LogP contribution in [0.1, 0.15) is 33.1 Å². The zero-order valence-corrected chi connectivity index (χ0v) is 10.2. The molecular formula is C11H23NO4. The van der Waals surface area contributed by atoms with Gasteiger partial charge in [-0.05, 0) is 33.1 Å². The van der Waals surface area contributed by atoms with E-state index in [-0.39, 0.29) is 0 Å². The largest absolute Gasteiger partial charge is 0.480 e. The molecule has 0 rings (SSSR count). The van der Waals surface area contributed by atoms with E-state index in [1.165, 1.54) is 6.92 Å². The second-order valence-corrected chi connectivity index (χ2v) is 3.99. The molecule has 0 bridgehead atoms. The van der Waals surface area contributed by atoms with Crippen molar-refractivity contribution in [2.24, 2.45) is 5.73 Å². The summed E-state index contributed by atoms with van der Waals surface area (Å²) in [6, 6.07) is 0. The molecule has 1 atom stereocenters. The lowest BCUT2D eigenvalue weighted by molar-refractivity contribution is -0.142. The fraction of sp³-hybridized carbons (Fsp3) is 0.909. The predicted octanol–water partition coefficient (Wildman–Crippen LogP) is 1.01. The minimum atomic E-state index is -1.12. The van der Waals surface area contributed by atoms with Gasteiger partial charge in [0.25, 0.3) is 0 Å². The second-order valence-electron chi connectivity index (χ2n) is 3.99. The normalized spacial score (nSPS) is 14.7. The standard InChI is InChI=1S/C11H23NO4/c1-3-15-8-9-16-7-5-4-6-11(2,12)10(13)14/h3-9,12H2,1-2H3,(H,13,14). The zero-order chi connectivity index (χ0) is 12.4. The van der Waals surface area contributed by atoms with Crippen molar-refractivity contribution in [2.45, 2.75) is 38.6 Å². The highest BCUT2D eigenvalue weighted by Gasteiger charge is 2.26. The lowest BCUT2D eigenvalue weighted by Crippen LogP contribution is -2.44. The average molecular weight is 233 g/mol. The van der Waals surface area contributed by atoms with Crippen LogP contribution in [0.5, 0.6) is 0 Å². The van der Waals surface area contributed by atoms with Crippen LogP contribution in [-0.2, 0) is 14.3 Å². The molecule has 3 N–H and O–H groups in total. The summed E-state index contributed by atoms with van der Waals surface area (Å²) in [5, 5.41) is 8.77. The van der Waals surface area contributed by atoms with Crippen molar-refractivity contribution >= 4 is 5.97 Å². The highest BCUT2D eigenvalue weighted by atomic mass is 16.5. The number of unbranched alkanes of at least 4 members (excludes halogenated alkanes) is 1. The van der Waals surface area contributed by atoms with Crippen LogP contribution in [0.3, 0.4) is 0 Å². The molecular weight excluding hydrogens is 210 g/mol. The molecule has 0 spiro atoms. The van der Waals surface area contributed by atoms with Crippen LogP contribution in [0.4, 0.5) is 0 Å². The topological polar surface area (TPSA) is 81.8 Å². The van der Waals surface area contributed by atoms with Crippen molar-refractivity contribution in [3.63, 3.8) is 0 Å². The Labute approximate surface area is 96.9 Å². The van der Waals surface area contributed by atoms with Gasteiger partial charge in [-0.3, -0.25) is 4.79 Å². The van der Waals surface area contributed by atoms with Gasteiger partial charge in [-0.25, -0.2) is 0 Å². The molecule has 0 saturated heterocycles. The van der Waals surface area contributed by atoms with E-state index in [0.717, 1.165) is 12.8 Å². The third-order valence-electron chi connectivity index (χ3n) is 2.30. The summed E-state index contributed by atoms with van der Waals surface area (Å²) in [7, 11) is 0. The number of nitrogens with two attached hydrogens (primary N) is 1. The summed E-state index contributed by atoms with van der Waals surface area (Å²) < 4.78 is 10.4. The molecule has 5 heteroatoms. The van der Waals surface area contributed by atoms with E-state index in [1.54, 1.807) is 0 Å². The van der Waals surface area contributed by atoms with Crippen LogP contribution in [-0.4, -0.2) is 43.0 Å². The summed E-state index contributed by atoms with van der Waals surface area (Å²) in [6.45, 7) is 6.00. The van der Waals surface area contributed by atoms with Crippen LogP contribution in [0.15, 0.2) is 0 Å². The van der Waals surface area contributed by atoms with Gasteiger partial charge in [-0.2, -0.15) is 0 Å². The van der Waals surface area contributed by atoms with E-state index in [9.17, 15) is 4.79 Å². The quantitative estimate of drug-likeness (QED) is 0.550. The van der Waals surface area contributed by atoms with Crippen molar-refractivity contribution in [2.75, 3.05) is 26.4 Å². The van der Waals surface area contributed by atoms with Gasteiger partial charge in [0.2, 0.25) is 0 Å². The molecule has 16 heavy (non-hydrogen) atoms. The number of carboxylic acids is 1. The maximum Gasteiger partial charge on any atom is 0.323 e. The monoisotopic (exact) mass is 233 g/mol. The molecule has 0 aliphatic carbocycles. The van der Waals surface area contributed by atoms with Gasteiger partial charge in [0.15, 0.2) is 0 Å². The molecule has 0 fully saturated rings. The van der Waals surface area contributed by atoms with Gasteiger partial charge >= 0.3 is 5.97 Å². The predicted molar refractivity (Wildman–Crippen MR) is 61.4 cm³/mol. The fourth-order valence-corrected chi connectivity index (χ4v) is 1.17. The van der Waals surface area contributed by atoms with Gasteiger partial charge in [0.1, 0.15) is 5.54 Å². The molecule has 96 valence electrons. The lowest BCUT2D eigenvalue weighted by atomic mass is 9.97. The molecule has 0 aromatic carbocycles. The van der Waals surface area contributed by atoms with Gasteiger partial charge in [0, 0.05) is 13.2 Å². The molecule has 0 saturated carbocycles. The smallest absolute Gasteiger partial charge is 0.323 e. The van der Waals surface area contributed by atoms with Gasteiger partial charge in [0.05, 0.1) is 13.2 Å². The highest BCUT2D eigenvalue weighted by Crippen LogP contribution is 2.10. The SMILES string of the molecule is CCOCCOCCCCC(C)(N)C(=O)O. The Morgan fingerprint density at radius 2 is 1.88 bits per heavy atom. The first-order valence-corrected chi connectivity index (χ1v) is 5.68. The van der Waals surface area contributed by atoms with Crippen LogP contribution in [0.2, 0.25) is 0 Å². The molecule has 1 unspecified atom stereocenters. The molecule has 0 heterocycles. The number of rotatable bonds is 10. The van der Waals surface area contributed by atoms with Crippen LogP contribution < -0.4 is 5.73 Å². The summed E-state index contributed by atoms with van der Waals surface area (Å²) in [4.78, 5) is 10.7. The number of hydrogen-bond acceptors (Lipinski definition) is 4. The van der Waals surface area contributed by atoms with E-state index in [4.69, 9.17) is 20.3 Å². The summed E-state index contributed by atoms with van der Waals surface area (Å²) in [5.74, 6) is -0.954. The maximum absolute atomic E-state index is 10.7. The molecule has 0 aromatic heterocycles. The van der Waals surface area contributed by atoms with Crippen LogP contribution >= 0.6 is 0 Å². The lowest BCUT2D eigenvalue weighted by Gasteiger charge is -2.18. The van der Waals surface area contributed by atoms with Gasteiger partial charge < -0.3 is 20.3 Å². The van der Waals surface area contributed by atoms with Crippen molar-refractivity contribution in [3.8, 4) is 0 Å². The van der Waals surface area contributed by atoms with E-state index < -0.39 is 11.5 Å². The number of carboxylic acid groups (broad SMARTS) is 1. The Kier molecular flexibility index (Phi) is 8.15. The molecule has 5 nitrogen and oxygen atoms in total.